The third-order valence-electron chi connectivity index (χ3n) is 2.84. The zero-order valence-electron chi connectivity index (χ0n) is 11.6. The van der Waals surface area contributed by atoms with Crippen molar-refractivity contribution in [3.63, 3.8) is 0 Å². The molecule has 1 aromatic rings. The molecule has 0 fully saturated rings. The number of carboxylic acid groups (broad SMARTS) is 1. The number of carboxylic acids is 1. The maximum atomic E-state index is 11.7. The van der Waals surface area contributed by atoms with E-state index >= 15 is 0 Å². The molecule has 5 nitrogen and oxygen atoms in total. The molecule has 0 aliphatic rings. The van der Waals surface area contributed by atoms with Gasteiger partial charge in [0.05, 0.1) is 0 Å². The third-order valence-corrected chi connectivity index (χ3v) is 2.84. The molecule has 0 saturated carbocycles. The first-order valence-corrected chi connectivity index (χ1v) is 6.67. The van der Waals surface area contributed by atoms with Gasteiger partial charge in [-0.2, -0.15) is 0 Å². The summed E-state index contributed by atoms with van der Waals surface area (Å²) in [5.41, 5.74) is 0.825. The molecule has 1 atom stereocenters. The summed E-state index contributed by atoms with van der Waals surface area (Å²) in [6.45, 7) is 0. The lowest BCUT2D eigenvalue weighted by molar-refractivity contribution is -0.137. The SMILES string of the molecule is O=C(O)CCCC(=O)CC(O)C(=O)/C=C/c1ccccc1. The number of carbonyl (C=O) groups excluding carboxylic acids is 2. The molecule has 21 heavy (non-hydrogen) atoms. The standard InChI is InChI=1S/C16H18O5/c17-13(7-4-8-16(20)21)11-15(19)14(18)10-9-12-5-2-1-3-6-12/h1-3,5-6,9-10,15,19H,4,7-8,11H2,(H,20,21)/b10-9+. The Hall–Kier alpha value is -2.27. The first-order valence-electron chi connectivity index (χ1n) is 6.67. The van der Waals surface area contributed by atoms with Crippen molar-refractivity contribution < 1.29 is 24.6 Å². The van der Waals surface area contributed by atoms with Gasteiger partial charge in [-0.25, -0.2) is 0 Å². The molecule has 0 aliphatic heterocycles. The van der Waals surface area contributed by atoms with Gasteiger partial charge in [0.2, 0.25) is 0 Å². The highest BCUT2D eigenvalue weighted by Gasteiger charge is 2.16. The van der Waals surface area contributed by atoms with Gasteiger partial charge in [-0.05, 0) is 18.1 Å². The lowest BCUT2D eigenvalue weighted by Gasteiger charge is -2.05. The van der Waals surface area contributed by atoms with E-state index < -0.39 is 17.9 Å². The Morgan fingerprint density at radius 2 is 1.76 bits per heavy atom. The van der Waals surface area contributed by atoms with E-state index in [0.29, 0.717) is 0 Å². The second kappa shape index (κ2) is 8.81. The van der Waals surface area contributed by atoms with Crippen molar-refractivity contribution in [2.75, 3.05) is 0 Å². The molecule has 0 heterocycles. The molecule has 0 aliphatic carbocycles. The van der Waals surface area contributed by atoms with Crippen LogP contribution < -0.4 is 0 Å². The molecule has 0 saturated heterocycles. The normalized spacial score (nSPS) is 12.2. The van der Waals surface area contributed by atoms with Crippen LogP contribution in [0.25, 0.3) is 6.08 Å². The molecule has 1 unspecified atom stereocenters. The Morgan fingerprint density at radius 3 is 2.38 bits per heavy atom. The van der Waals surface area contributed by atoms with Gasteiger partial charge in [0, 0.05) is 19.3 Å². The van der Waals surface area contributed by atoms with E-state index in [-0.39, 0.29) is 31.5 Å². The number of aliphatic carboxylic acids is 1. The van der Waals surface area contributed by atoms with Gasteiger partial charge in [-0.1, -0.05) is 36.4 Å². The predicted molar refractivity (Wildman–Crippen MR) is 77.6 cm³/mol. The number of carbonyl (C=O) groups is 3. The minimum atomic E-state index is -1.37. The number of aliphatic hydroxyl groups is 1. The van der Waals surface area contributed by atoms with Gasteiger partial charge < -0.3 is 10.2 Å². The molecule has 0 aromatic heterocycles. The fourth-order valence-electron chi connectivity index (χ4n) is 1.71. The highest BCUT2D eigenvalue weighted by atomic mass is 16.4. The van der Waals surface area contributed by atoms with E-state index in [1.54, 1.807) is 6.08 Å². The first kappa shape index (κ1) is 16.8. The van der Waals surface area contributed by atoms with Crippen molar-refractivity contribution in [3.05, 3.63) is 42.0 Å². The summed E-state index contributed by atoms with van der Waals surface area (Å²) in [6, 6.07) is 9.13. The lowest BCUT2D eigenvalue weighted by Crippen LogP contribution is -2.22. The van der Waals surface area contributed by atoms with E-state index in [0.717, 1.165) is 5.56 Å². The molecule has 0 spiro atoms. The van der Waals surface area contributed by atoms with Crippen LogP contribution in [0.5, 0.6) is 0 Å². The number of ketones is 2. The summed E-state index contributed by atoms with van der Waals surface area (Å²) in [4.78, 5) is 33.4. The molecule has 112 valence electrons. The molecular weight excluding hydrogens is 272 g/mol. The minimum absolute atomic E-state index is 0.0546. The second-order valence-electron chi connectivity index (χ2n) is 4.65. The number of rotatable bonds is 9. The lowest BCUT2D eigenvalue weighted by atomic mass is 10.0. The maximum Gasteiger partial charge on any atom is 0.303 e. The van der Waals surface area contributed by atoms with Crippen LogP contribution in [-0.2, 0) is 14.4 Å². The van der Waals surface area contributed by atoms with Crippen LogP contribution in [0, 0.1) is 0 Å². The number of hydrogen-bond acceptors (Lipinski definition) is 4. The summed E-state index contributed by atoms with van der Waals surface area (Å²) in [5, 5.41) is 18.1. The van der Waals surface area contributed by atoms with Gasteiger partial charge in [-0.15, -0.1) is 0 Å². The fourth-order valence-corrected chi connectivity index (χ4v) is 1.71. The Kier molecular flexibility index (Phi) is 7.04. The van der Waals surface area contributed by atoms with Crippen molar-refractivity contribution in [3.8, 4) is 0 Å². The van der Waals surface area contributed by atoms with Crippen LogP contribution in [0.15, 0.2) is 36.4 Å². The van der Waals surface area contributed by atoms with Gasteiger partial charge >= 0.3 is 5.97 Å². The largest absolute Gasteiger partial charge is 0.481 e. The minimum Gasteiger partial charge on any atom is -0.481 e. The molecule has 2 N–H and O–H groups in total. The summed E-state index contributed by atoms with van der Waals surface area (Å²) < 4.78 is 0. The summed E-state index contributed by atoms with van der Waals surface area (Å²) in [6.07, 6.45) is 1.34. The van der Waals surface area contributed by atoms with E-state index in [2.05, 4.69) is 0 Å². The highest BCUT2D eigenvalue weighted by Crippen LogP contribution is 2.06. The number of benzene rings is 1. The van der Waals surface area contributed by atoms with E-state index in [9.17, 15) is 19.5 Å². The quantitative estimate of drug-likeness (QED) is 0.677. The maximum absolute atomic E-state index is 11.7. The number of Topliss-reactive ketones (excluding diaryl/α,β-unsaturated/α-hetero) is 1. The van der Waals surface area contributed by atoms with Crippen molar-refractivity contribution in [2.24, 2.45) is 0 Å². The van der Waals surface area contributed by atoms with Gasteiger partial charge in [0.1, 0.15) is 11.9 Å². The Balaban J connectivity index is 2.38. The van der Waals surface area contributed by atoms with Crippen LogP contribution in [-0.4, -0.2) is 33.9 Å². The smallest absolute Gasteiger partial charge is 0.303 e. The Bertz CT molecular complexity index is 519. The Labute approximate surface area is 122 Å². The van der Waals surface area contributed by atoms with Crippen LogP contribution in [0.2, 0.25) is 0 Å². The fraction of sp³-hybridized carbons (Fsp3) is 0.312. The van der Waals surface area contributed by atoms with Crippen LogP contribution in [0.3, 0.4) is 0 Å². The third kappa shape index (κ3) is 7.17. The van der Waals surface area contributed by atoms with Crippen molar-refractivity contribution in [1.82, 2.24) is 0 Å². The zero-order valence-corrected chi connectivity index (χ0v) is 11.6. The van der Waals surface area contributed by atoms with Crippen molar-refractivity contribution >= 4 is 23.6 Å². The van der Waals surface area contributed by atoms with Gasteiger partial charge in [0.15, 0.2) is 5.78 Å². The van der Waals surface area contributed by atoms with Gasteiger partial charge in [0.25, 0.3) is 0 Å². The zero-order chi connectivity index (χ0) is 15.7. The molecule has 1 aromatic carbocycles. The monoisotopic (exact) mass is 290 g/mol. The molecule has 0 bridgehead atoms. The topological polar surface area (TPSA) is 91.7 Å². The second-order valence-corrected chi connectivity index (χ2v) is 4.65. The average molecular weight is 290 g/mol. The highest BCUT2D eigenvalue weighted by molar-refractivity contribution is 5.99. The molecule has 0 radical (unpaired) electrons. The van der Waals surface area contributed by atoms with Gasteiger partial charge in [-0.3, -0.25) is 14.4 Å². The van der Waals surface area contributed by atoms with E-state index in [4.69, 9.17) is 5.11 Å². The molecule has 5 heteroatoms. The molecular formula is C16H18O5. The van der Waals surface area contributed by atoms with Crippen LogP contribution in [0.1, 0.15) is 31.2 Å². The van der Waals surface area contributed by atoms with E-state index in [1.165, 1.54) is 6.08 Å². The summed E-state index contributed by atoms with van der Waals surface area (Å²) in [5.74, 6) is -1.82. The number of hydrogen-bond donors (Lipinski definition) is 2. The summed E-state index contributed by atoms with van der Waals surface area (Å²) in [7, 11) is 0. The van der Waals surface area contributed by atoms with Crippen LogP contribution in [0.4, 0.5) is 0 Å². The average Bonchev–Trinajstić information content (AvgIpc) is 2.45. The molecule has 1 rings (SSSR count). The molecule has 0 amide bonds. The van der Waals surface area contributed by atoms with Crippen molar-refractivity contribution in [1.29, 1.82) is 0 Å². The van der Waals surface area contributed by atoms with E-state index in [1.807, 2.05) is 30.3 Å². The summed E-state index contributed by atoms with van der Waals surface area (Å²) >= 11 is 0. The van der Waals surface area contributed by atoms with Crippen LogP contribution >= 0.6 is 0 Å². The first-order chi connectivity index (χ1) is 9.99. The Morgan fingerprint density at radius 1 is 1.10 bits per heavy atom. The number of aliphatic hydroxyl groups excluding tert-OH is 1. The predicted octanol–water partition coefficient (Wildman–Crippen LogP) is 1.84. The van der Waals surface area contributed by atoms with Crippen molar-refractivity contribution in [2.45, 2.75) is 31.8 Å².